The summed E-state index contributed by atoms with van der Waals surface area (Å²) in [5, 5.41) is 17.8. The molecule has 0 atom stereocenters. The van der Waals surface area contributed by atoms with Gasteiger partial charge in [0.25, 0.3) is 10.2 Å². The molecule has 0 saturated heterocycles. The summed E-state index contributed by atoms with van der Waals surface area (Å²) in [5.74, 6) is -2.88. The van der Waals surface area contributed by atoms with Crippen molar-refractivity contribution in [2.24, 2.45) is 0 Å². The lowest BCUT2D eigenvalue weighted by Crippen LogP contribution is -2.32. The van der Waals surface area contributed by atoms with E-state index in [0.717, 1.165) is 18.2 Å². The highest BCUT2D eigenvalue weighted by Gasteiger charge is 2.18. The van der Waals surface area contributed by atoms with E-state index < -0.39 is 33.3 Å². The number of carboxylic acids is 2. The normalized spacial score (nSPS) is 11.1. The molecule has 122 valence electrons. The van der Waals surface area contributed by atoms with Crippen LogP contribution in [0.1, 0.15) is 27.6 Å². The van der Waals surface area contributed by atoms with Crippen molar-refractivity contribution in [2.45, 2.75) is 6.92 Å². The highest BCUT2D eigenvalue weighted by molar-refractivity contribution is 7.90. The van der Waals surface area contributed by atoms with Gasteiger partial charge >= 0.3 is 11.9 Å². The molecule has 1 aromatic rings. The van der Waals surface area contributed by atoms with Gasteiger partial charge in [0.05, 0.1) is 23.4 Å². The van der Waals surface area contributed by atoms with E-state index in [1.165, 1.54) is 0 Å². The maximum atomic E-state index is 11.7. The fourth-order valence-corrected chi connectivity index (χ4v) is 2.42. The average Bonchev–Trinajstić information content (AvgIpc) is 2.42. The highest BCUT2D eigenvalue weighted by atomic mass is 32.2. The first-order chi connectivity index (χ1) is 10.3. The van der Waals surface area contributed by atoms with Gasteiger partial charge in [-0.2, -0.15) is 13.1 Å². The number of rotatable bonds is 9. The fraction of sp³-hybridized carbons (Fsp3) is 0.333. The minimum atomic E-state index is -3.91. The third-order valence-corrected chi connectivity index (χ3v) is 3.56. The van der Waals surface area contributed by atoms with Crippen LogP contribution >= 0.6 is 0 Å². The highest BCUT2D eigenvalue weighted by Crippen LogP contribution is 2.17. The minimum absolute atomic E-state index is 0.0438. The SMILES string of the molecule is CCOCCNS(=O)(=O)Nc1ccc(C(=O)O)c(C(=O)O)c1. The lowest BCUT2D eigenvalue weighted by molar-refractivity contribution is 0.0651. The first-order valence-corrected chi connectivity index (χ1v) is 7.71. The van der Waals surface area contributed by atoms with E-state index in [0.29, 0.717) is 6.61 Å². The Hall–Kier alpha value is -2.17. The quantitative estimate of drug-likeness (QED) is 0.478. The van der Waals surface area contributed by atoms with E-state index in [9.17, 15) is 18.0 Å². The van der Waals surface area contributed by atoms with Crippen LogP contribution in [0.15, 0.2) is 18.2 Å². The zero-order valence-electron chi connectivity index (χ0n) is 11.7. The molecule has 1 aromatic carbocycles. The van der Waals surface area contributed by atoms with Crippen molar-refractivity contribution in [2.75, 3.05) is 24.5 Å². The second-order valence-electron chi connectivity index (χ2n) is 4.07. The van der Waals surface area contributed by atoms with Gasteiger partial charge in [-0.15, -0.1) is 0 Å². The van der Waals surface area contributed by atoms with Gasteiger partial charge in [-0.3, -0.25) is 4.72 Å². The van der Waals surface area contributed by atoms with Crippen molar-refractivity contribution in [1.29, 1.82) is 0 Å². The van der Waals surface area contributed by atoms with E-state index in [2.05, 4.69) is 9.44 Å². The maximum Gasteiger partial charge on any atom is 0.336 e. The van der Waals surface area contributed by atoms with E-state index >= 15 is 0 Å². The largest absolute Gasteiger partial charge is 0.478 e. The molecular weight excluding hydrogens is 316 g/mol. The van der Waals surface area contributed by atoms with Gasteiger partial charge in [-0.25, -0.2) is 9.59 Å². The predicted molar refractivity (Wildman–Crippen MR) is 77.4 cm³/mol. The standard InChI is InChI=1S/C12H16N2O7S/c1-2-21-6-5-13-22(19,20)14-8-3-4-9(11(15)16)10(7-8)12(17)18/h3-4,7,13-14H,2,5-6H2,1H3,(H,15,16)(H,17,18). The lowest BCUT2D eigenvalue weighted by atomic mass is 10.1. The molecule has 0 bridgehead atoms. The van der Waals surface area contributed by atoms with E-state index in [1.54, 1.807) is 6.92 Å². The number of anilines is 1. The third kappa shape index (κ3) is 5.31. The first kappa shape index (κ1) is 17.9. The molecular formula is C12H16N2O7S. The molecule has 9 nitrogen and oxygen atoms in total. The molecule has 0 aliphatic carbocycles. The molecule has 0 spiro atoms. The smallest absolute Gasteiger partial charge is 0.336 e. The first-order valence-electron chi connectivity index (χ1n) is 6.22. The molecule has 10 heteroatoms. The Balaban J connectivity index is 2.87. The Morgan fingerprint density at radius 1 is 1.18 bits per heavy atom. The summed E-state index contributed by atoms with van der Waals surface area (Å²) >= 11 is 0. The van der Waals surface area contributed by atoms with Gasteiger partial charge < -0.3 is 14.9 Å². The number of carbonyl (C=O) groups is 2. The van der Waals surface area contributed by atoms with Crippen molar-refractivity contribution in [1.82, 2.24) is 4.72 Å². The van der Waals surface area contributed by atoms with Crippen LogP contribution in [-0.2, 0) is 14.9 Å². The zero-order chi connectivity index (χ0) is 16.8. The van der Waals surface area contributed by atoms with E-state index in [-0.39, 0.29) is 18.8 Å². The number of ether oxygens (including phenoxy) is 1. The Morgan fingerprint density at radius 3 is 2.36 bits per heavy atom. The Kier molecular flexibility index (Phi) is 6.28. The summed E-state index contributed by atoms with van der Waals surface area (Å²) in [6, 6.07) is 3.12. The Bertz CT molecular complexity index is 657. The lowest BCUT2D eigenvalue weighted by Gasteiger charge is -2.11. The van der Waals surface area contributed by atoms with Crippen molar-refractivity contribution < 1.29 is 33.0 Å². The van der Waals surface area contributed by atoms with Crippen molar-refractivity contribution in [3.63, 3.8) is 0 Å². The summed E-state index contributed by atoms with van der Waals surface area (Å²) in [7, 11) is -3.91. The predicted octanol–water partition coefficient (Wildman–Crippen LogP) is 0.366. The number of nitrogens with one attached hydrogen (secondary N) is 2. The van der Waals surface area contributed by atoms with Gasteiger partial charge in [-0.05, 0) is 25.1 Å². The summed E-state index contributed by atoms with van der Waals surface area (Å²) < 4.78 is 32.7. The summed E-state index contributed by atoms with van der Waals surface area (Å²) in [4.78, 5) is 21.9. The maximum absolute atomic E-state index is 11.7. The number of aromatic carboxylic acids is 2. The summed E-state index contributed by atoms with van der Waals surface area (Å²) in [5.41, 5.74) is -1.01. The molecule has 22 heavy (non-hydrogen) atoms. The van der Waals surface area contributed by atoms with Gasteiger partial charge in [0.15, 0.2) is 0 Å². The second-order valence-corrected chi connectivity index (χ2v) is 5.57. The monoisotopic (exact) mass is 332 g/mol. The fourth-order valence-electron chi connectivity index (χ4n) is 1.55. The molecule has 0 aliphatic heterocycles. The molecule has 0 radical (unpaired) electrons. The number of carboxylic acid groups (broad SMARTS) is 2. The molecule has 0 saturated carbocycles. The molecule has 1 rings (SSSR count). The van der Waals surface area contributed by atoms with E-state index in [4.69, 9.17) is 14.9 Å². The Labute approximate surface area is 127 Å². The minimum Gasteiger partial charge on any atom is -0.478 e. The van der Waals surface area contributed by atoms with Crippen molar-refractivity contribution in [3.05, 3.63) is 29.3 Å². The summed E-state index contributed by atoms with van der Waals surface area (Å²) in [6.07, 6.45) is 0. The molecule has 0 aliphatic rings. The van der Waals surface area contributed by atoms with Crippen LogP contribution in [0, 0.1) is 0 Å². The van der Waals surface area contributed by atoms with Gasteiger partial charge in [0, 0.05) is 13.2 Å². The average molecular weight is 332 g/mol. The van der Waals surface area contributed by atoms with Gasteiger partial charge in [0.2, 0.25) is 0 Å². The van der Waals surface area contributed by atoms with Gasteiger partial charge in [0.1, 0.15) is 0 Å². The van der Waals surface area contributed by atoms with Crippen LogP contribution in [0.5, 0.6) is 0 Å². The zero-order valence-corrected chi connectivity index (χ0v) is 12.5. The van der Waals surface area contributed by atoms with Crippen LogP contribution in [0.3, 0.4) is 0 Å². The van der Waals surface area contributed by atoms with Crippen molar-refractivity contribution >= 4 is 27.8 Å². The van der Waals surface area contributed by atoms with Crippen molar-refractivity contribution in [3.8, 4) is 0 Å². The Morgan fingerprint density at radius 2 is 1.82 bits per heavy atom. The topological polar surface area (TPSA) is 142 Å². The van der Waals surface area contributed by atoms with Crippen LogP contribution in [0.2, 0.25) is 0 Å². The van der Waals surface area contributed by atoms with Gasteiger partial charge in [-0.1, -0.05) is 0 Å². The molecule has 0 unspecified atom stereocenters. The van der Waals surface area contributed by atoms with Crippen LogP contribution in [0.4, 0.5) is 5.69 Å². The third-order valence-electron chi connectivity index (χ3n) is 2.48. The molecule has 4 N–H and O–H groups in total. The van der Waals surface area contributed by atoms with Crippen LogP contribution in [0.25, 0.3) is 0 Å². The second kappa shape index (κ2) is 7.73. The molecule has 0 fully saturated rings. The molecule has 0 aromatic heterocycles. The number of benzene rings is 1. The summed E-state index contributed by atoms with van der Waals surface area (Å²) in [6.45, 7) is 2.45. The van der Waals surface area contributed by atoms with Crippen LogP contribution in [-0.4, -0.2) is 50.3 Å². The molecule has 0 heterocycles. The number of hydrogen-bond acceptors (Lipinski definition) is 5. The molecule has 0 amide bonds. The number of hydrogen-bond donors (Lipinski definition) is 4. The van der Waals surface area contributed by atoms with E-state index in [1.807, 2.05) is 0 Å². The van der Waals surface area contributed by atoms with Crippen LogP contribution < -0.4 is 9.44 Å².